The monoisotopic (exact) mass is 335 g/mol. The molecule has 1 fully saturated rings. The summed E-state index contributed by atoms with van der Waals surface area (Å²) in [4.78, 5) is 28.3. The first kappa shape index (κ1) is 15.6. The maximum atomic E-state index is 12.7. The number of rotatable bonds is 3. The van der Waals surface area contributed by atoms with Gasteiger partial charge in [-0.3, -0.25) is 4.79 Å². The van der Waals surface area contributed by atoms with Crippen LogP contribution in [0.5, 0.6) is 0 Å². The number of amides is 1. The molecule has 0 atom stereocenters. The third kappa shape index (κ3) is 3.07. The van der Waals surface area contributed by atoms with Crippen LogP contribution in [0.25, 0.3) is 11.0 Å². The zero-order valence-corrected chi connectivity index (χ0v) is 14.5. The first-order valence-electron chi connectivity index (χ1n) is 8.48. The van der Waals surface area contributed by atoms with Crippen LogP contribution >= 0.6 is 0 Å². The summed E-state index contributed by atoms with van der Waals surface area (Å²) in [7, 11) is 0. The average molecular weight is 335 g/mol. The van der Waals surface area contributed by atoms with Gasteiger partial charge in [-0.05, 0) is 25.5 Å². The van der Waals surface area contributed by atoms with Crippen molar-refractivity contribution in [3.63, 3.8) is 0 Å². The average Bonchev–Trinajstić information content (AvgIpc) is 3.04. The molecule has 0 aliphatic carbocycles. The first-order valence-corrected chi connectivity index (χ1v) is 8.48. The van der Waals surface area contributed by atoms with Crippen molar-refractivity contribution < 1.29 is 4.79 Å². The first-order chi connectivity index (χ1) is 12.1. The minimum Gasteiger partial charge on any atom is -0.346 e. The minimum absolute atomic E-state index is 0.132. The van der Waals surface area contributed by atoms with E-state index in [1.165, 1.54) is 16.7 Å². The number of anilines is 1. The predicted octanol–water partition coefficient (Wildman–Crippen LogP) is 2.42. The molecule has 0 unspecified atom stereocenters. The van der Waals surface area contributed by atoms with Gasteiger partial charge in [0.1, 0.15) is 17.8 Å². The van der Waals surface area contributed by atoms with Crippen LogP contribution in [0.1, 0.15) is 16.7 Å². The van der Waals surface area contributed by atoms with Crippen molar-refractivity contribution >= 4 is 22.8 Å². The number of carbonyl (C=O) groups excluding carboxylic acids is 1. The molecule has 4 rings (SSSR count). The highest BCUT2D eigenvalue weighted by molar-refractivity contribution is 5.90. The number of carbonyl (C=O) groups is 1. The van der Waals surface area contributed by atoms with Crippen molar-refractivity contribution in [2.45, 2.75) is 20.4 Å². The Bertz CT molecular complexity index is 912. The lowest BCUT2D eigenvalue weighted by Gasteiger charge is -2.35. The van der Waals surface area contributed by atoms with Gasteiger partial charge in [0, 0.05) is 25.8 Å². The zero-order valence-electron chi connectivity index (χ0n) is 14.5. The van der Waals surface area contributed by atoms with Crippen LogP contribution in [0.2, 0.25) is 0 Å². The molecule has 3 heterocycles. The van der Waals surface area contributed by atoms with E-state index in [-0.39, 0.29) is 5.91 Å². The second kappa shape index (κ2) is 6.20. The van der Waals surface area contributed by atoms with E-state index in [0.717, 1.165) is 23.4 Å². The van der Waals surface area contributed by atoms with Gasteiger partial charge in [-0.15, -0.1) is 0 Å². The number of aromatic amines is 1. The predicted molar refractivity (Wildman–Crippen MR) is 97.4 cm³/mol. The van der Waals surface area contributed by atoms with Gasteiger partial charge in [0.15, 0.2) is 0 Å². The van der Waals surface area contributed by atoms with Gasteiger partial charge in [-0.2, -0.15) is 0 Å². The molecule has 6 heteroatoms. The Labute approximate surface area is 146 Å². The molecule has 2 aromatic heterocycles. The van der Waals surface area contributed by atoms with Crippen molar-refractivity contribution in [1.82, 2.24) is 19.9 Å². The Morgan fingerprint density at radius 3 is 2.68 bits per heavy atom. The molecule has 1 amide bonds. The third-order valence-electron chi connectivity index (χ3n) is 4.61. The van der Waals surface area contributed by atoms with Crippen molar-refractivity contribution in [3.8, 4) is 0 Å². The lowest BCUT2D eigenvalue weighted by molar-refractivity contribution is -0.131. The Hall–Kier alpha value is -2.89. The summed E-state index contributed by atoms with van der Waals surface area (Å²) in [5.74, 6) is 0.957. The number of aromatic nitrogens is 3. The van der Waals surface area contributed by atoms with E-state index in [1.807, 2.05) is 22.1 Å². The van der Waals surface area contributed by atoms with E-state index in [1.54, 1.807) is 6.33 Å². The number of aryl methyl sites for hydroxylation is 2. The van der Waals surface area contributed by atoms with Crippen LogP contribution in [-0.4, -0.2) is 45.4 Å². The molecule has 1 N–H and O–H groups in total. The van der Waals surface area contributed by atoms with Gasteiger partial charge < -0.3 is 14.8 Å². The molecule has 3 aromatic rings. The van der Waals surface area contributed by atoms with Gasteiger partial charge in [-0.1, -0.05) is 29.3 Å². The molecular weight excluding hydrogens is 314 g/mol. The fraction of sp³-hybridized carbons (Fsp3) is 0.316. The molecule has 0 radical (unpaired) electrons. The Morgan fingerprint density at radius 1 is 1.12 bits per heavy atom. The molecule has 0 spiro atoms. The van der Waals surface area contributed by atoms with Crippen LogP contribution in [0.3, 0.4) is 0 Å². The third-order valence-corrected chi connectivity index (χ3v) is 4.61. The number of H-pyrrole nitrogens is 1. The summed E-state index contributed by atoms with van der Waals surface area (Å²) in [6.07, 6.45) is 3.39. The molecule has 1 aromatic carbocycles. The number of nitrogens with zero attached hydrogens (tertiary/aromatic N) is 4. The summed E-state index contributed by atoms with van der Waals surface area (Å²) in [6.45, 7) is 6.66. The van der Waals surface area contributed by atoms with Gasteiger partial charge in [0.25, 0.3) is 0 Å². The lowest BCUT2D eigenvalue weighted by atomic mass is 10.1. The number of fused-ring (bicyclic) bond motifs is 1. The summed E-state index contributed by atoms with van der Waals surface area (Å²) in [5.41, 5.74) is 4.46. The Kier molecular flexibility index (Phi) is 3.87. The van der Waals surface area contributed by atoms with E-state index < -0.39 is 0 Å². The number of hydrogen-bond donors (Lipinski definition) is 1. The minimum atomic E-state index is 0.132. The quantitative estimate of drug-likeness (QED) is 0.798. The van der Waals surface area contributed by atoms with Crippen molar-refractivity contribution in [2.75, 3.05) is 24.5 Å². The fourth-order valence-corrected chi connectivity index (χ4v) is 3.55. The Morgan fingerprint density at radius 2 is 1.92 bits per heavy atom. The molecule has 25 heavy (non-hydrogen) atoms. The molecular formula is C19H21N5O. The maximum Gasteiger partial charge on any atom is 0.242 e. The van der Waals surface area contributed by atoms with E-state index >= 15 is 0 Å². The highest BCUT2D eigenvalue weighted by Gasteiger charge is 2.26. The van der Waals surface area contributed by atoms with Crippen LogP contribution in [0.15, 0.2) is 36.8 Å². The number of benzene rings is 1. The van der Waals surface area contributed by atoms with E-state index in [4.69, 9.17) is 0 Å². The van der Waals surface area contributed by atoms with Crippen molar-refractivity contribution in [1.29, 1.82) is 0 Å². The topological polar surface area (TPSA) is 65.1 Å². The second-order valence-corrected chi connectivity index (χ2v) is 6.67. The second-order valence-electron chi connectivity index (χ2n) is 6.67. The van der Waals surface area contributed by atoms with E-state index in [2.05, 4.69) is 47.0 Å². The van der Waals surface area contributed by atoms with Crippen LogP contribution in [0, 0.1) is 13.8 Å². The number of piperazine rings is 1. The normalized spacial score (nSPS) is 15.2. The van der Waals surface area contributed by atoms with Gasteiger partial charge in [-0.25, -0.2) is 9.97 Å². The molecule has 1 aliphatic heterocycles. The van der Waals surface area contributed by atoms with Crippen LogP contribution < -0.4 is 4.90 Å². The smallest absolute Gasteiger partial charge is 0.242 e. The van der Waals surface area contributed by atoms with E-state index in [0.29, 0.717) is 19.6 Å². The molecule has 0 saturated carbocycles. The largest absolute Gasteiger partial charge is 0.346 e. The van der Waals surface area contributed by atoms with Crippen molar-refractivity contribution in [3.05, 3.63) is 53.5 Å². The molecule has 6 nitrogen and oxygen atoms in total. The van der Waals surface area contributed by atoms with Gasteiger partial charge in [0.05, 0.1) is 11.9 Å². The molecule has 1 saturated heterocycles. The summed E-state index contributed by atoms with van der Waals surface area (Å²) < 4.78 is 0. The molecule has 1 aliphatic rings. The van der Waals surface area contributed by atoms with Crippen molar-refractivity contribution in [2.24, 2.45) is 0 Å². The molecule has 0 bridgehead atoms. The molecule has 128 valence electrons. The summed E-state index contributed by atoms with van der Waals surface area (Å²) >= 11 is 0. The fourth-order valence-electron chi connectivity index (χ4n) is 3.55. The number of hydrogen-bond acceptors (Lipinski definition) is 4. The standard InChI is InChI=1S/C19H21N5O/c1-13-7-14(2)9-15(8-13)10-23-5-6-24(11-17(23)25)19-16-3-4-20-18(16)21-12-22-19/h3-4,7-9,12H,5-6,10-11H2,1-2H3,(H,20,21,22). The van der Waals surface area contributed by atoms with E-state index in [9.17, 15) is 4.79 Å². The van der Waals surface area contributed by atoms with Gasteiger partial charge >= 0.3 is 0 Å². The lowest BCUT2D eigenvalue weighted by Crippen LogP contribution is -2.50. The Balaban J connectivity index is 1.50. The van der Waals surface area contributed by atoms with Crippen LogP contribution in [-0.2, 0) is 11.3 Å². The zero-order chi connectivity index (χ0) is 17.4. The number of nitrogens with one attached hydrogen (secondary N) is 1. The van der Waals surface area contributed by atoms with Gasteiger partial charge in [0.2, 0.25) is 5.91 Å². The summed E-state index contributed by atoms with van der Waals surface area (Å²) in [5, 5.41) is 0.957. The highest BCUT2D eigenvalue weighted by atomic mass is 16.2. The van der Waals surface area contributed by atoms with Crippen LogP contribution in [0.4, 0.5) is 5.82 Å². The highest BCUT2D eigenvalue weighted by Crippen LogP contribution is 2.23. The summed E-state index contributed by atoms with van der Waals surface area (Å²) in [6, 6.07) is 8.42. The SMILES string of the molecule is Cc1cc(C)cc(CN2CCN(c3ncnc4[nH]ccc34)CC2=O)c1. The maximum absolute atomic E-state index is 12.7.